The lowest BCUT2D eigenvalue weighted by atomic mass is 10.1. The van der Waals surface area contributed by atoms with Crippen molar-refractivity contribution in [2.45, 2.75) is 13.0 Å². The van der Waals surface area contributed by atoms with E-state index in [1.807, 2.05) is 22.6 Å². The molecule has 0 aliphatic heterocycles. The molecule has 1 N–H and O–H groups in total. The molecular formula is C12H13ClINO4. The Kier molecular flexibility index (Phi) is 5.86. The van der Waals surface area contributed by atoms with E-state index < -0.39 is 17.9 Å². The van der Waals surface area contributed by atoms with Crippen LogP contribution in [0.3, 0.4) is 0 Å². The Bertz CT molecular complexity index is 507. The van der Waals surface area contributed by atoms with E-state index in [4.69, 9.17) is 16.3 Å². The maximum Gasteiger partial charge on any atom is 0.328 e. The van der Waals surface area contributed by atoms with Crippen molar-refractivity contribution >= 4 is 46.1 Å². The summed E-state index contributed by atoms with van der Waals surface area (Å²) in [4.78, 5) is 23.3. The highest BCUT2D eigenvalue weighted by molar-refractivity contribution is 14.1. The summed E-state index contributed by atoms with van der Waals surface area (Å²) in [6, 6.07) is 2.41. The number of rotatable bonds is 4. The van der Waals surface area contributed by atoms with Crippen molar-refractivity contribution in [3.8, 4) is 5.75 Å². The Balaban J connectivity index is 2.99. The van der Waals surface area contributed by atoms with Gasteiger partial charge in [0, 0.05) is 3.57 Å². The molecule has 1 amide bonds. The zero-order valence-corrected chi connectivity index (χ0v) is 13.5. The molecule has 0 bridgehead atoms. The third kappa shape index (κ3) is 3.97. The second-order valence-corrected chi connectivity index (χ2v) is 5.25. The predicted molar refractivity (Wildman–Crippen MR) is 79.7 cm³/mol. The second-order valence-electron chi connectivity index (χ2n) is 3.68. The fourth-order valence-electron chi connectivity index (χ4n) is 1.39. The van der Waals surface area contributed by atoms with Gasteiger partial charge in [-0.25, -0.2) is 4.79 Å². The number of nitrogens with one attached hydrogen (secondary N) is 1. The number of ether oxygens (including phenoxy) is 2. The number of hydrogen-bond acceptors (Lipinski definition) is 4. The van der Waals surface area contributed by atoms with Crippen LogP contribution in [0.4, 0.5) is 0 Å². The van der Waals surface area contributed by atoms with Crippen LogP contribution in [-0.2, 0) is 9.53 Å². The fourth-order valence-corrected chi connectivity index (χ4v) is 1.99. The summed E-state index contributed by atoms with van der Waals surface area (Å²) in [5.41, 5.74) is 0.267. The van der Waals surface area contributed by atoms with Crippen LogP contribution in [-0.4, -0.2) is 32.1 Å². The average molecular weight is 398 g/mol. The molecule has 0 saturated heterocycles. The Labute approximate surface area is 129 Å². The number of benzene rings is 1. The molecule has 5 nitrogen and oxygen atoms in total. The fraction of sp³-hybridized carbons (Fsp3) is 0.333. The number of carbonyl (C=O) groups excluding carboxylic acids is 2. The third-order valence-electron chi connectivity index (χ3n) is 2.39. The van der Waals surface area contributed by atoms with E-state index in [9.17, 15) is 9.59 Å². The van der Waals surface area contributed by atoms with Gasteiger partial charge in [0.1, 0.15) is 11.8 Å². The SMILES string of the molecule is COC(=O)[C@H](C)NC(=O)c1cc(Cl)c(I)cc1OC. The summed E-state index contributed by atoms with van der Waals surface area (Å²) in [5, 5.41) is 2.96. The Morgan fingerprint density at radius 3 is 2.53 bits per heavy atom. The molecule has 104 valence electrons. The molecule has 0 radical (unpaired) electrons. The van der Waals surface area contributed by atoms with Crippen LogP contribution in [0.2, 0.25) is 5.02 Å². The highest BCUT2D eigenvalue weighted by Gasteiger charge is 2.20. The quantitative estimate of drug-likeness (QED) is 0.625. The molecule has 7 heteroatoms. The lowest BCUT2D eigenvalue weighted by Gasteiger charge is -2.14. The van der Waals surface area contributed by atoms with Crippen molar-refractivity contribution in [1.29, 1.82) is 0 Å². The topological polar surface area (TPSA) is 64.6 Å². The van der Waals surface area contributed by atoms with Gasteiger partial charge in [0.05, 0.1) is 24.8 Å². The maximum atomic E-state index is 12.1. The molecule has 1 rings (SSSR count). The molecule has 19 heavy (non-hydrogen) atoms. The number of amides is 1. The number of halogens is 2. The monoisotopic (exact) mass is 397 g/mol. The average Bonchev–Trinajstić information content (AvgIpc) is 2.39. The first kappa shape index (κ1) is 16.0. The molecule has 0 heterocycles. The van der Waals surface area contributed by atoms with Gasteiger partial charge < -0.3 is 14.8 Å². The smallest absolute Gasteiger partial charge is 0.328 e. The number of methoxy groups -OCH3 is 2. The van der Waals surface area contributed by atoms with Gasteiger partial charge in [-0.2, -0.15) is 0 Å². The summed E-state index contributed by atoms with van der Waals surface area (Å²) in [6.07, 6.45) is 0. The molecule has 0 saturated carbocycles. The van der Waals surface area contributed by atoms with E-state index in [1.54, 1.807) is 6.07 Å². The lowest BCUT2D eigenvalue weighted by Crippen LogP contribution is -2.39. The van der Waals surface area contributed by atoms with Crippen LogP contribution in [0.15, 0.2) is 12.1 Å². The van der Waals surface area contributed by atoms with Gasteiger partial charge >= 0.3 is 5.97 Å². The highest BCUT2D eigenvalue weighted by Crippen LogP contribution is 2.28. The van der Waals surface area contributed by atoms with Crippen molar-refractivity contribution in [3.05, 3.63) is 26.3 Å². The van der Waals surface area contributed by atoms with Crippen molar-refractivity contribution in [1.82, 2.24) is 5.32 Å². The van der Waals surface area contributed by atoms with E-state index >= 15 is 0 Å². The van der Waals surface area contributed by atoms with Crippen molar-refractivity contribution in [2.75, 3.05) is 14.2 Å². The van der Waals surface area contributed by atoms with Crippen molar-refractivity contribution in [2.24, 2.45) is 0 Å². The molecule has 1 aromatic carbocycles. The first-order chi connectivity index (χ1) is 8.90. The van der Waals surface area contributed by atoms with Crippen molar-refractivity contribution < 1.29 is 19.1 Å². The summed E-state index contributed by atoms with van der Waals surface area (Å²) in [6.45, 7) is 1.53. The van der Waals surface area contributed by atoms with Gasteiger partial charge in [0.15, 0.2) is 0 Å². The van der Waals surface area contributed by atoms with E-state index in [1.165, 1.54) is 27.2 Å². The third-order valence-corrected chi connectivity index (χ3v) is 3.91. The van der Waals surface area contributed by atoms with Gasteiger partial charge in [-0.3, -0.25) is 4.79 Å². The maximum absolute atomic E-state index is 12.1. The van der Waals surface area contributed by atoms with Crippen LogP contribution >= 0.6 is 34.2 Å². The Morgan fingerprint density at radius 2 is 2.00 bits per heavy atom. The summed E-state index contributed by atoms with van der Waals surface area (Å²) in [7, 11) is 2.72. The van der Waals surface area contributed by atoms with Crippen LogP contribution < -0.4 is 10.1 Å². The molecule has 0 unspecified atom stereocenters. The summed E-state index contributed by atoms with van der Waals surface area (Å²) < 4.78 is 10.4. The summed E-state index contributed by atoms with van der Waals surface area (Å²) >= 11 is 8.02. The Morgan fingerprint density at radius 1 is 1.37 bits per heavy atom. The first-order valence-electron chi connectivity index (χ1n) is 5.32. The van der Waals surface area contributed by atoms with E-state index in [-0.39, 0.29) is 5.56 Å². The lowest BCUT2D eigenvalue weighted by molar-refractivity contribution is -0.142. The molecule has 0 fully saturated rings. The van der Waals surface area contributed by atoms with Gasteiger partial charge in [-0.05, 0) is 41.6 Å². The van der Waals surface area contributed by atoms with Gasteiger partial charge in [0.25, 0.3) is 5.91 Å². The standard InChI is InChI=1S/C12H13ClINO4/c1-6(12(17)19-3)15-11(16)7-4-8(13)9(14)5-10(7)18-2/h4-6H,1-3H3,(H,15,16)/t6-/m0/s1. The minimum Gasteiger partial charge on any atom is -0.496 e. The zero-order valence-electron chi connectivity index (χ0n) is 10.6. The number of carbonyl (C=O) groups is 2. The zero-order chi connectivity index (χ0) is 14.6. The molecule has 0 aliphatic carbocycles. The second kappa shape index (κ2) is 6.95. The molecule has 1 aromatic rings. The number of esters is 1. The van der Waals surface area contributed by atoms with E-state index in [2.05, 4.69) is 10.1 Å². The number of hydrogen-bond donors (Lipinski definition) is 1. The van der Waals surface area contributed by atoms with Crippen LogP contribution in [0.25, 0.3) is 0 Å². The normalized spacial score (nSPS) is 11.6. The highest BCUT2D eigenvalue weighted by atomic mass is 127. The van der Waals surface area contributed by atoms with Gasteiger partial charge in [-0.1, -0.05) is 11.6 Å². The molecule has 0 aliphatic rings. The molecule has 0 aromatic heterocycles. The minimum absolute atomic E-state index is 0.267. The van der Waals surface area contributed by atoms with Gasteiger partial charge in [-0.15, -0.1) is 0 Å². The van der Waals surface area contributed by atoms with Crippen LogP contribution in [0, 0.1) is 3.57 Å². The van der Waals surface area contributed by atoms with Crippen molar-refractivity contribution in [3.63, 3.8) is 0 Å². The first-order valence-corrected chi connectivity index (χ1v) is 6.78. The molecule has 0 spiro atoms. The van der Waals surface area contributed by atoms with Crippen LogP contribution in [0.5, 0.6) is 5.75 Å². The van der Waals surface area contributed by atoms with E-state index in [0.717, 1.165) is 3.57 Å². The van der Waals surface area contributed by atoms with E-state index in [0.29, 0.717) is 10.8 Å². The Hall–Kier alpha value is -1.02. The molecule has 1 atom stereocenters. The largest absolute Gasteiger partial charge is 0.496 e. The van der Waals surface area contributed by atoms with Gasteiger partial charge in [0.2, 0.25) is 0 Å². The minimum atomic E-state index is -0.750. The van der Waals surface area contributed by atoms with Crippen LogP contribution in [0.1, 0.15) is 17.3 Å². The summed E-state index contributed by atoms with van der Waals surface area (Å²) in [5.74, 6) is -0.583. The predicted octanol–water partition coefficient (Wildman–Crippen LogP) is 2.24. The molecular weight excluding hydrogens is 384 g/mol.